The first kappa shape index (κ1) is 21.2. The van der Waals surface area contributed by atoms with E-state index < -0.39 is 30.5 Å². The van der Waals surface area contributed by atoms with Crippen molar-refractivity contribution in [3.8, 4) is 5.75 Å². The van der Waals surface area contributed by atoms with Crippen LogP contribution >= 0.6 is 0 Å². The van der Waals surface area contributed by atoms with E-state index in [0.717, 1.165) is 5.56 Å². The number of nitrogens with one attached hydrogen (secondary N) is 1. The normalized spacial score (nSPS) is 11.9. The number of rotatable bonds is 9. The molecule has 0 aromatic heterocycles. The first-order chi connectivity index (χ1) is 12.3. The molecule has 7 heteroatoms. The highest BCUT2D eigenvalue weighted by Crippen LogP contribution is 2.13. The molecule has 0 bridgehead atoms. The zero-order valence-electron chi connectivity index (χ0n) is 15.5. The summed E-state index contributed by atoms with van der Waals surface area (Å²) in [4.78, 5) is 35.3. The Labute approximate surface area is 153 Å². The number of carbonyl (C=O) groups is 3. The van der Waals surface area contributed by atoms with E-state index in [2.05, 4.69) is 10.1 Å². The van der Waals surface area contributed by atoms with Crippen LogP contribution in [0.4, 0.5) is 0 Å². The molecule has 1 N–H and O–H groups in total. The molecule has 0 aliphatic heterocycles. The highest BCUT2D eigenvalue weighted by Gasteiger charge is 2.22. The van der Waals surface area contributed by atoms with Gasteiger partial charge in [0.05, 0.1) is 14.2 Å². The van der Waals surface area contributed by atoms with Gasteiger partial charge in [-0.05, 0) is 36.1 Å². The summed E-state index contributed by atoms with van der Waals surface area (Å²) in [5.74, 6) is -0.909. The maximum atomic E-state index is 11.9. The lowest BCUT2D eigenvalue weighted by Crippen LogP contribution is -2.44. The molecule has 1 aromatic carbocycles. The third-order valence-electron chi connectivity index (χ3n) is 3.38. The minimum atomic E-state index is -0.765. The average Bonchev–Trinajstić information content (AvgIpc) is 2.63. The molecule has 0 unspecified atom stereocenters. The molecular formula is C19H25NO6. The number of methoxy groups -OCH3 is 2. The van der Waals surface area contributed by atoms with Crippen molar-refractivity contribution >= 4 is 23.9 Å². The fourth-order valence-electron chi connectivity index (χ4n) is 2.16. The highest BCUT2D eigenvalue weighted by atomic mass is 16.5. The Hall–Kier alpha value is -2.83. The van der Waals surface area contributed by atoms with E-state index in [9.17, 15) is 14.4 Å². The fourth-order valence-corrected chi connectivity index (χ4v) is 2.16. The summed E-state index contributed by atoms with van der Waals surface area (Å²) in [6.07, 6.45) is 3.20. The second kappa shape index (κ2) is 10.9. The van der Waals surface area contributed by atoms with E-state index >= 15 is 0 Å². The van der Waals surface area contributed by atoms with Crippen molar-refractivity contribution in [3.63, 3.8) is 0 Å². The van der Waals surface area contributed by atoms with Gasteiger partial charge in [0, 0.05) is 6.08 Å². The van der Waals surface area contributed by atoms with E-state index in [1.165, 1.54) is 13.2 Å². The Bertz CT molecular complexity index is 653. The standard InChI is InChI=1S/C19H25NO6/c1-13(2)10-16(19(23)25-4)20-17(21)12-26-18(22)9-8-14-6-5-7-15(11-14)24-3/h5-9,11,13,16H,10,12H2,1-4H3,(H,20,21)/b9-8+/t16-/m0/s1. The van der Waals surface area contributed by atoms with E-state index in [0.29, 0.717) is 12.2 Å². The van der Waals surface area contributed by atoms with Crippen LogP contribution in [0.15, 0.2) is 30.3 Å². The molecule has 1 aromatic rings. The van der Waals surface area contributed by atoms with Gasteiger partial charge < -0.3 is 19.5 Å². The molecule has 0 saturated carbocycles. The van der Waals surface area contributed by atoms with Crippen molar-refractivity contribution in [2.24, 2.45) is 5.92 Å². The molecule has 0 heterocycles. The maximum Gasteiger partial charge on any atom is 0.331 e. The van der Waals surface area contributed by atoms with E-state index in [1.807, 2.05) is 13.8 Å². The van der Waals surface area contributed by atoms with Crippen LogP contribution in [0.5, 0.6) is 5.75 Å². The van der Waals surface area contributed by atoms with Crippen LogP contribution < -0.4 is 10.1 Å². The molecule has 0 aliphatic carbocycles. The second-order valence-corrected chi connectivity index (χ2v) is 5.99. The highest BCUT2D eigenvalue weighted by molar-refractivity contribution is 5.90. The lowest BCUT2D eigenvalue weighted by Gasteiger charge is -2.18. The van der Waals surface area contributed by atoms with Crippen LogP contribution in [-0.2, 0) is 23.9 Å². The molecule has 0 spiro atoms. The lowest BCUT2D eigenvalue weighted by molar-refractivity contribution is -0.148. The van der Waals surface area contributed by atoms with E-state index in [1.54, 1.807) is 37.5 Å². The lowest BCUT2D eigenvalue weighted by atomic mass is 10.0. The monoisotopic (exact) mass is 363 g/mol. The maximum absolute atomic E-state index is 11.9. The average molecular weight is 363 g/mol. The van der Waals surface area contributed by atoms with Gasteiger partial charge in [0.25, 0.3) is 5.91 Å². The van der Waals surface area contributed by atoms with Crippen molar-refractivity contribution in [2.75, 3.05) is 20.8 Å². The molecule has 0 saturated heterocycles. The molecular weight excluding hydrogens is 338 g/mol. The zero-order valence-corrected chi connectivity index (χ0v) is 15.5. The molecule has 1 rings (SSSR count). The largest absolute Gasteiger partial charge is 0.497 e. The van der Waals surface area contributed by atoms with Gasteiger partial charge >= 0.3 is 11.9 Å². The van der Waals surface area contributed by atoms with E-state index in [4.69, 9.17) is 9.47 Å². The van der Waals surface area contributed by atoms with Gasteiger partial charge in [0.15, 0.2) is 6.61 Å². The zero-order chi connectivity index (χ0) is 19.5. The Balaban J connectivity index is 2.50. The van der Waals surface area contributed by atoms with Gasteiger partial charge in [-0.3, -0.25) is 4.79 Å². The molecule has 142 valence electrons. The molecule has 0 fully saturated rings. The third-order valence-corrected chi connectivity index (χ3v) is 3.38. The Morgan fingerprint density at radius 1 is 1.19 bits per heavy atom. The summed E-state index contributed by atoms with van der Waals surface area (Å²) >= 11 is 0. The molecule has 1 amide bonds. The third kappa shape index (κ3) is 7.83. The summed E-state index contributed by atoms with van der Waals surface area (Å²) in [5, 5.41) is 2.51. The SMILES string of the molecule is COC(=O)[C@H](CC(C)C)NC(=O)COC(=O)/C=C/c1cccc(OC)c1. The predicted molar refractivity (Wildman–Crippen MR) is 96.4 cm³/mol. The minimum Gasteiger partial charge on any atom is -0.497 e. The summed E-state index contributed by atoms with van der Waals surface area (Å²) in [7, 11) is 2.81. The number of benzene rings is 1. The Morgan fingerprint density at radius 2 is 1.92 bits per heavy atom. The molecule has 1 atom stereocenters. The van der Waals surface area contributed by atoms with Gasteiger partial charge in [0.1, 0.15) is 11.8 Å². The van der Waals surface area contributed by atoms with Crippen LogP contribution in [-0.4, -0.2) is 44.7 Å². The van der Waals surface area contributed by atoms with Gasteiger partial charge in [-0.1, -0.05) is 26.0 Å². The van der Waals surface area contributed by atoms with E-state index in [-0.39, 0.29) is 5.92 Å². The number of amides is 1. The molecule has 0 radical (unpaired) electrons. The number of esters is 2. The van der Waals surface area contributed by atoms with Crippen LogP contribution in [0.25, 0.3) is 6.08 Å². The van der Waals surface area contributed by atoms with Crippen LogP contribution in [0, 0.1) is 5.92 Å². The first-order valence-corrected chi connectivity index (χ1v) is 8.21. The minimum absolute atomic E-state index is 0.188. The van der Waals surface area contributed by atoms with Crippen molar-refractivity contribution in [3.05, 3.63) is 35.9 Å². The van der Waals surface area contributed by atoms with Crippen LogP contribution in [0.1, 0.15) is 25.8 Å². The van der Waals surface area contributed by atoms with Crippen molar-refractivity contribution < 1.29 is 28.6 Å². The summed E-state index contributed by atoms with van der Waals surface area (Å²) < 4.78 is 14.6. The van der Waals surface area contributed by atoms with Crippen molar-refractivity contribution in [1.29, 1.82) is 0 Å². The fraction of sp³-hybridized carbons (Fsp3) is 0.421. The molecule has 26 heavy (non-hydrogen) atoms. The van der Waals surface area contributed by atoms with Gasteiger partial charge in [-0.15, -0.1) is 0 Å². The quantitative estimate of drug-likeness (QED) is 0.533. The molecule has 7 nitrogen and oxygen atoms in total. The number of carbonyl (C=O) groups excluding carboxylic acids is 3. The topological polar surface area (TPSA) is 90.9 Å². The number of hydrogen-bond acceptors (Lipinski definition) is 6. The summed E-state index contributed by atoms with van der Waals surface area (Å²) in [6, 6.07) is 6.36. The second-order valence-electron chi connectivity index (χ2n) is 5.99. The number of ether oxygens (including phenoxy) is 3. The van der Waals surface area contributed by atoms with Gasteiger partial charge in [-0.2, -0.15) is 0 Å². The van der Waals surface area contributed by atoms with Crippen LogP contribution in [0.2, 0.25) is 0 Å². The van der Waals surface area contributed by atoms with Gasteiger partial charge in [0.2, 0.25) is 0 Å². The first-order valence-electron chi connectivity index (χ1n) is 8.21. The van der Waals surface area contributed by atoms with Crippen LogP contribution in [0.3, 0.4) is 0 Å². The predicted octanol–water partition coefficient (Wildman–Crippen LogP) is 1.96. The number of hydrogen-bond donors (Lipinski definition) is 1. The Morgan fingerprint density at radius 3 is 2.54 bits per heavy atom. The summed E-state index contributed by atoms with van der Waals surface area (Å²) in [6.45, 7) is 3.36. The molecule has 0 aliphatic rings. The smallest absolute Gasteiger partial charge is 0.331 e. The van der Waals surface area contributed by atoms with Gasteiger partial charge in [-0.25, -0.2) is 9.59 Å². The van der Waals surface area contributed by atoms with Crippen molar-refractivity contribution in [2.45, 2.75) is 26.3 Å². The Kier molecular flexibility index (Phi) is 8.91. The van der Waals surface area contributed by atoms with Crippen molar-refractivity contribution in [1.82, 2.24) is 5.32 Å². The summed E-state index contributed by atoms with van der Waals surface area (Å²) in [5.41, 5.74) is 0.758.